The Bertz CT molecular complexity index is 655. The Morgan fingerprint density at radius 1 is 1.40 bits per heavy atom. The molecule has 0 bridgehead atoms. The van der Waals surface area contributed by atoms with Gasteiger partial charge in [-0.25, -0.2) is 9.37 Å². The van der Waals surface area contributed by atoms with Crippen molar-refractivity contribution in [1.29, 1.82) is 0 Å². The third-order valence-corrected chi connectivity index (χ3v) is 4.34. The number of benzene rings is 1. The van der Waals surface area contributed by atoms with Gasteiger partial charge in [-0.1, -0.05) is 0 Å². The molecule has 20 heavy (non-hydrogen) atoms. The van der Waals surface area contributed by atoms with Crippen LogP contribution in [-0.4, -0.2) is 34.0 Å². The third-order valence-electron chi connectivity index (χ3n) is 4.34. The van der Waals surface area contributed by atoms with E-state index in [0.29, 0.717) is 19.6 Å². The van der Waals surface area contributed by atoms with E-state index < -0.39 is 6.10 Å². The van der Waals surface area contributed by atoms with Crippen LogP contribution in [0.3, 0.4) is 0 Å². The minimum absolute atomic E-state index is 0.0697. The molecule has 3 heterocycles. The molecule has 0 radical (unpaired) electrons. The molecule has 4 rings (SSSR count). The first-order valence-corrected chi connectivity index (χ1v) is 6.83. The Balaban J connectivity index is 1.85. The fourth-order valence-electron chi connectivity index (χ4n) is 3.38. The lowest BCUT2D eigenvalue weighted by Crippen LogP contribution is -2.37. The highest BCUT2D eigenvalue weighted by molar-refractivity contribution is 5.69. The summed E-state index contributed by atoms with van der Waals surface area (Å²) in [4.78, 5) is 4.18. The standard InChI is InChI=1S/C15H15FN2O2/c16-9-1-2-10-11(5-9)15(18-8-17-6-13(10)18)12-7-20-4-3-14(12)19/h1-2,5-6,8,12,14-15,19H,3-4,7H2/t12-,14-,15-/m1/s1. The third kappa shape index (κ3) is 1.63. The second kappa shape index (κ2) is 4.40. The highest BCUT2D eigenvalue weighted by atomic mass is 19.1. The molecule has 104 valence electrons. The minimum Gasteiger partial charge on any atom is -0.393 e. The van der Waals surface area contributed by atoms with Crippen LogP contribution in [0, 0.1) is 11.7 Å². The highest BCUT2D eigenvalue weighted by Crippen LogP contribution is 2.45. The summed E-state index contributed by atoms with van der Waals surface area (Å²) in [5.41, 5.74) is 2.88. The number of halogens is 1. The lowest BCUT2D eigenvalue weighted by atomic mass is 9.86. The van der Waals surface area contributed by atoms with Crippen molar-refractivity contribution >= 4 is 0 Å². The zero-order valence-corrected chi connectivity index (χ0v) is 10.9. The van der Waals surface area contributed by atoms with E-state index in [0.717, 1.165) is 16.8 Å². The van der Waals surface area contributed by atoms with Gasteiger partial charge in [-0.05, 0) is 30.2 Å². The molecule has 2 aliphatic rings. The summed E-state index contributed by atoms with van der Waals surface area (Å²) in [6, 6.07) is 4.71. The van der Waals surface area contributed by atoms with Crippen molar-refractivity contribution in [3.63, 3.8) is 0 Å². The summed E-state index contributed by atoms with van der Waals surface area (Å²) in [7, 11) is 0. The van der Waals surface area contributed by atoms with Crippen LogP contribution in [-0.2, 0) is 4.74 Å². The highest BCUT2D eigenvalue weighted by Gasteiger charge is 2.39. The first-order chi connectivity index (χ1) is 9.75. The molecule has 0 unspecified atom stereocenters. The lowest BCUT2D eigenvalue weighted by Gasteiger charge is -2.33. The largest absolute Gasteiger partial charge is 0.393 e. The minimum atomic E-state index is -0.432. The van der Waals surface area contributed by atoms with E-state index in [-0.39, 0.29) is 17.8 Å². The number of aliphatic hydroxyl groups excluding tert-OH is 1. The van der Waals surface area contributed by atoms with Gasteiger partial charge in [0.25, 0.3) is 0 Å². The van der Waals surface area contributed by atoms with Gasteiger partial charge in [-0.2, -0.15) is 0 Å². The van der Waals surface area contributed by atoms with Crippen molar-refractivity contribution in [3.8, 4) is 11.3 Å². The number of imidazole rings is 1. The molecule has 2 aliphatic heterocycles. The molecule has 0 amide bonds. The van der Waals surface area contributed by atoms with Gasteiger partial charge in [-0.3, -0.25) is 0 Å². The second-order valence-electron chi connectivity index (χ2n) is 5.46. The number of ether oxygens (including phenoxy) is 1. The molecule has 0 spiro atoms. The first-order valence-electron chi connectivity index (χ1n) is 6.83. The maximum atomic E-state index is 13.6. The van der Waals surface area contributed by atoms with E-state index in [2.05, 4.69) is 4.98 Å². The molecular weight excluding hydrogens is 259 g/mol. The predicted octanol–water partition coefficient (Wildman–Crippen LogP) is 1.99. The van der Waals surface area contributed by atoms with Crippen LogP contribution in [0.4, 0.5) is 4.39 Å². The van der Waals surface area contributed by atoms with Crippen LogP contribution in [0.15, 0.2) is 30.7 Å². The van der Waals surface area contributed by atoms with Crippen molar-refractivity contribution in [3.05, 3.63) is 42.1 Å². The normalized spacial score (nSPS) is 28.2. The number of hydrogen-bond acceptors (Lipinski definition) is 3. The maximum Gasteiger partial charge on any atom is 0.123 e. The maximum absolute atomic E-state index is 13.6. The summed E-state index contributed by atoms with van der Waals surface area (Å²) < 4.78 is 21.1. The van der Waals surface area contributed by atoms with Gasteiger partial charge in [-0.15, -0.1) is 0 Å². The predicted molar refractivity (Wildman–Crippen MR) is 70.7 cm³/mol. The first kappa shape index (κ1) is 12.1. The van der Waals surface area contributed by atoms with Gasteiger partial charge in [0.2, 0.25) is 0 Å². The smallest absolute Gasteiger partial charge is 0.123 e. The summed E-state index contributed by atoms with van der Waals surface area (Å²) in [6.07, 6.45) is 3.72. The summed E-state index contributed by atoms with van der Waals surface area (Å²) in [5.74, 6) is -0.321. The van der Waals surface area contributed by atoms with Gasteiger partial charge in [0.05, 0.1) is 37.0 Å². The number of rotatable bonds is 1. The SMILES string of the molecule is O[C@@H]1CCOC[C@H]1[C@H]1c2cc(F)ccc2-c2cncn21. The molecule has 5 heteroatoms. The molecule has 4 nitrogen and oxygen atoms in total. The Labute approximate surface area is 115 Å². The van der Waals surface area contributed by atoms with E-state index in [1.54, 1.807) is 24.7 Å². The van der Waals surface area contributed by atoms with Gasteiger partial charge < -0.3 is 14.4 Å². The molecule has 1 N–H and O–H groups in total. The van der Waals surface area contributed by atoms with Crippen LogP contribution < -0.4 is 0 Å². The zero-order chi connectivity index (χ0) is 13.7. The Morgan fingerprint density at radius 2 is 2.30 bits per heavy atom. The van der Waals surface area contributed by atoms with Gasteiger partial charge >= 0.3 is 0 Å². The quantitative estimate of drug-likeness (QED) is 0.865. The fourth-order valence-corrected chi connectivity index (χ4v) is 3.38. The average Bonchev–Trinajstić information content (AvgIpc) is 3.00. The number of hydrogen-bond donors (Lipinski definition) is 1. The lowest BCUT2D eigenvalue weighted by molar-refractivity contribution is -0.0481. The molecule has 3 atom stereocenters. The topological polar surface area (TPSA) is 47.3 Å². The Kier molecular flexibility index (Phi) is 2.65. The Hall–Kier alpha value is -1.72. The van der Waals surface area contributed by atoms with Crippen LogP contribution >= 0.6 is 0 Å². The van der Waals surface area contributed by atoms with E-state index in [1.807, 2.05) is 4.57 Å². The van der Waals surface area contributed by atoms with Crippen molar-refractivity contribution in [2.75, 3.05) is 13.2 Å². The number of aromatic nitrogens is 2. The average molecular weight is 274 g/mol. The summed E-state index contributed by atoms with van der Waals surface area (Å²) in [6.45, 7) is 1.07. The summed E-state index contributed by atoms with van der Waals surface area (Å²) >= 11 is 0. The number of nitrogens with zero attached hydrogens (tertiary/aromatic N) is 2. The number of fused-ring (bicyclic) bond motifs is 3. The van der Waals surface area contributed by atoms with Crippen LogP contribution in [0.25, 0.3) is 11.3 Å². The molecule has 2 aromatic rings. The number of aliphatic hydroxyl groups is 1. The molecular formula is C15H15FN2O2. The van der Waals surface area contributed by atoms with Crippen LogP contribution in [0.2, 0.25) is 0 Å². The molecule has 1 saturated heterocycles. The monoisotopic (exact) mass is 274 g/mol. The van der Waals surface area contributed by atoms with Crippen molar-refractivity contribution in [2.24, 2.45) is 5.92 Å². The summed E-state index contributed by atoms with van der Waals surface area (Å²) in [5, 5.41) is 10.3. The van der Waals surface area contributed by atoms with E-state index in [9.17, 15) is 9.50 Å². The van der Waals surface area contributed by atoms with Crippen molar-refractivity contribution < 1.29 is 14.2 Å². The van der Waals surface area contributed by atoms with Crippen LogP contribution in [0.5, 0.6) is 0 Å². The van der Waals surface area contributed by atoms with Crippen molar-refractivity contribution in [2.45, 2.75) is 18.6 Å². The van der Waals surface area contributed by atoms with E-state index in [1.165, 1.54) is 6.07 Å². The fraction of sp³-hybridized carbons (Fsp3) is 0.400. The molecule has 0 saturated carbocycles. The molecule has 1 fully saturated rings. The van der Waals surface area contributed by atoms with Gasteiger partial charge in [0.1, 0.15) is 5.82 Å². The molecule has 1 aromatic carbocycles. The van der Waals surface area contributed by atoms with E-state index >= 15 is 0 Å². The van der Waals surface area contributed by atoms with Crippen LogP contribution in [0.1, 0.15) is 18.0 Å². The van der Waals surface area contributed by atoms with Gasteiger partial charge in [0, 0.05) is 18.1 Å². The zero-order valence-electron chi connectivity index (χ0n) is 10.9. The van der Waals surface area contributed by atoms with E-state index in [4.69, 9.17) is 4.74 Å². The van der Waals surface area contributed by atoms with Gasteiger partial charge in [0.15, 0.2) is 0 Å². The second-order valence-corrected chi connectivity index (χ2v) is 5.46. The Morgan fingerprint density at radius 3 is 3.15 bits per heavy atom. The molecule has 0 aliphatic carbocycles. The van der Waals surface area contributed by atoms with Crippen molar-refractivity contribution in [1.82, 2.24) is 9.55 Å². The molecule has 1 aromatic heterocycles.